The van der Waals surface area contributed by atoms with Crippen molar-refractivity contribution in [2.24, 2.45) is 5.92 Å². The number of carbonyl (C=O) groups excluding carboxylic acids is 2. The summed E-state index contributed by atoms with van der Waals surface area (Å²) in [4.78, 5) is 26.6. The molecular weight excluding hydrogens is 456 g/mol. The van der Waals surface area contributed by atoms with Gasteiger partial charge in [0, 0.05) is 19.0 Å². The average molecular weight is 475 g/mol. The Morgan fingerprint density at radius 3 is 2.76 bits per heavy atom. The third kappa shape index (κ3) is 4.56. The lowest BCUT2D eigenvalue weighted by Crippen LogP contribution is -2.43. The lowest BCUT2D eigenvalue weighted by atomic mass is 9.96. The predicted molar refractivity (Wildman–Crippen MR) is 115 cm³/mol. The molecule has 1 aromatic heterocycles. The van der Waals surface area contributed by atoms with E-state index < -0.39 is 0 Å². The SMILES string of the molecule is O=C(Nc1nncs1)C1CCN(C(=O)COc2ccc3ccccc3c2Br)CC1. The molecule has 4 rings (SSSR count). The number of nitrogens with one attached hydrogen (secondary N) is 1. The van der Waals surface area contributed by atoms with Crippen molar-refractivity contribution in [3.05, 3.63) is 46.4 Å². The summed E-state index contributed by atoms with van der Waals surface area (Å²) in [6.07, 6.45) is 1.24. The third-order valence-electron chi connectivity index (χ3n) is 4.99. The Hall–Kier alpha value is -2.52. The molecule has 0 aliphatic carbocycles. The van der Waals surface area contributed by atoms with E-state index in [1.807, 2.05) is 36.4 Å². The second-order valence-electron chi connectivity index (χ2n) is 6.78. The molecule has 0 bridgehead atoms. The molecule has 0 saturated carbocycles. The van der Waals surface area contributed by atoms with Crippen LogP contribution in [-0.2, 0) is 9.59 Å². The Balaban J connectivity index is 1.29. The van der Waals surface area contributed by atoms with Crippen LogP contribution in [-0.4, -0.2) is 46.6 Å². The molecule has 1 aliphatic heterocycles. The van der Waals surface area contributed by atoms with Crippen molar-refractivity contribution in [3.8, 4) is 5.75 Å². The lowest BCUT2D eigenvalue weighted by molar-refractivity contribution is -0.136. The number of ether oxygens (including phenoxy) is 1. The van der Waals surface area contributed by atoms with Crippen molar-refractivity contribution in [2.45, 2.75) is 12.8 Å². The fraction of sp³-hybridized carbons (Fsp3) is 0.300. The minimum absolute atomic E-state index is 0.0292. The lowest BCUT2D eigenvalue weighted by Gasteiger charge is -2.31. The second kappa shape index (κ2) is 8.87. The van der Waals surface area contributed by atoms with Gasteiger partial charge < -0.3 is 15.0 Å². The highest BCUT2D eigenvalue weighted by atomic mass is 79.9. The van der Waals surface area contributed by atoms with Crippen molar-refractivity contribution in [1.29, 1.82) is 0 Å². The zero-order valence-electron chi connectivity index (χ0n) is 15.5. The first-order valence-electron chi connectivity index (χ1n) is 9.26. The largest absolute Gasteiger partial charge is 0.483 e. The molecule has 9 heteroatoms. The quantitative estimate of drug-likeness (QED) is 0.609. The first-order valence-corrected chi connectivity index (χ1v) is 10.9. The topological polar surface area (TPSA) is 84.4 Å². The van der Waals surface area contributed by atoms with Gasteiger partial charge in [0.1, 0.15) is 11.3 Å². The van der Waals surface area contributed by atoms with E-state index >= 15 is 0 Å². The number of anilines is 1. The molecule has 3 aromatic rings. The number of hydrogen-bond donors (Lipinski definition) is 1. The van der Waals surface area contributed by atoms with E-state index in [9.17, 15) is 9.59 Å². The van der Waals surface area contributed by atoms with Gasteiger partial charge in [-0.1, -0.05) is 41.7 Å². The minimum atomic E-state index is -0.126. The van der Waals surface area contributed by atoms with Gasteiger partial charge >= 0.3 is 0 Å². The highest BCUT2D eigenvalue weighted by Crippen LogP contribution is 2.33. The fourth-order valence-electron chi connectivity index (χ4n) is 3.38. The number of likely N-dealkylation sites (tertiary alicyclic amines) is 1. The molecule has 7 nitrogen and oxygen atoms in total. The zero-order chi connectivity index (χ0) is 20.2. The molecule has 29 heavy (non-hydrogen) atoms. The van der Waals surface area contributed by atoms with E-state index in [4.69, 9.17) is 4.74 Å². The number of halogens is 1. The Kier molecular flexibility index (Phi) is 6.05. The van der Waals surface area contributed by atoms with E-state index in [-0.39, 0.29) is 24.3 Å². The van der Waals surface area contributed by atoms with Gasteiger partial charge in [0.25, 0.3) is 5.91 Å². The molecule has 150 valence electrons. The number of hydrogen-bond acceptors (Lipinski definition) is 6. The van der Waals surface area contributed by atoms with Crippen LogP contribution < -0.4 is 10.1 Å². The van der Waals surface area contributed by atoms with Crippen LogP contribution in [0.4, 0.5) is 5.13 Å². The van der Waals surface area contributed by atoms with Crippen molar-refractivity contribution in [1.82, 2.24) is 15.1 Å². The summed E-state index contributed by atoms with van der Waals surface area (Å²) in [6.45, 7) is 1.04. The van der Waals surface area contributed by atoms with Crippen molar-refractivity contribution >= 4 is 55.0 Å². The second-order valence-corrected chi connectivity index (χ2v) is 8.40. The monoisotopic (exact) mass is 474 g/mol. The summed E-state index contributed by atoms with van der Waals surface area (Å²) in [5.74, 6) is 0.375. The summed E-state index contributed by atoms with van der Waals surface area (Å²) in [7, 11) is 0. The standard InChI is InChI=1S/C20H19BrN4O3S/c21-18-15-4-2-1-3-13(15)5-6-16(18)28-11-17(26)25-9-7-14(8-10-25)19(27)23-20-24-22-12-29-20/h1-6,12,14H,7-11H2,(H,23,24,27). The molecular formula is C20H19BrN4O3S. The number of aromatic nitrogens is 2. The van der Waals surface area contributed by atoms with E-state index in [1.54, 1.807) is 10.4 Å². The van der Waals surface area contributed by atoms with Gasteiger partial charge in [-0.15, -0.1) is 10.2 Å². The number of fused-ring (bicyclic) bond motifs is 1. The van der Waals surface area contributed by atoms with Gasteiger partial charge in [0.2, 0.25) is 11.0 Å². The number of nitrogens with zero attached hydrogens (tertiary/aromatic N) is 3. The predicted octanol–water partition coefficient (Wildman–Crippen LogP) is 3.71. The summed E-state index contributed by atoms with van der Waals surface area (Å²) < 4.78 is 6.62. The molecule has 2 amide bonds. The minimum Gasteiger partial charge on any atom is -0.483 e. The number of rotatable bonds is 5. The van der Waals surface area contributed by atoms with Gasteiger partial charge in [0.15, 0.2) is 6.61 Å². The van der Waals surface area contributed by atoms with Crippen molar-refractivity contribution in [3.63, 3.8) is 0 Å². The zero-order valence-corrected chi connectivity index (χ0v) is 17.9. The maximum atomic E-state index is 12.5. The number of carbonyl (C=O) groups is 2. The van der Waals surface area contributed by atoms with Gasteiger partial charge in [-0.2, -0.15) is 0 Å². The summed E-state index contributed by atoms with van der Waals surface area (Å²) in [6, 6.07) is 11.8. The van der Waals surface area contributed by atoms with Crippen LogP contribution >= 0.6 is 27.3 Å². The highest BCUT2D eigenvalue weighted by Gasteiger charge is 2.28. The van der Waals surface area contributed by atoms with Crippen LogP contribution in [0.15, 0.2) is 46.4 Å². The molecule has 2 heterocycles. The number of piperidine rings is 1. The molecule has 0 unspecified atom stereocenters. The molecule has 1 N–H and O–H groups in total. The molecule has 0 radical (unpaired) electrons. The van der Waals surface area contributed by atoms with Crippen LogP contribution in [0.1, 0.15) is 12.8 Å². The van der Waals surface area contributed by atoms with Gasteiger partial charge in [-0.05, 0) is 45.6 Å². The van der Waals surface area contributed by atoms with Gasteiger partial charge in [-0.25, -0.2) is 0 Å². The summed E-state index contributed by atoms with van der Waals surface area (Å²) >= 11 is 4.86. The van der Waals surface area contributed by atoms with Crippen LogP contribution in [0.3, 0.4) is 0 Å². The molecule has 2 aromatic carbocycles. The number of amides is 2. The average Bonchev–Trinajstić information content (AvgIpc) is 3.26. The Bertz CT molecular complexity index is 1020. The fourth-order valence-corrected chi connectivity index (χ4v) is 4.44. The first-order chi connectivity index (χ1) is 14.1. The third-order valence-corrected chi connectivity index (χ3v) is 6.41. The first kappa shape index (κ1) is 19.8. The Morgan fingerprint density at radius 2 is 2.00 bits per heavy atom. The van der Waals surface area contributed by atoms with E-state index in [1.165, 1.54) is 11.3 Å². The van der Waals surface area contributed by atoms with E-state index in [0.29, 0.717) is 36.8 Å². The van der Waals surface area contributed by atoms with Gasteiger partial charge in [0.05, 0.1) is 4.47 Å². The van der Waals surface area contributed by atoms with Crippen LogP contribution in [0, 0.1) is 5.92 Å². The van der Waals surface area contributed by atoms with Crippen LogP contribution in [0.25, 0.3) is 10.8 Å². The van der Waals surface area contributed by atoms with Crippen molar-refractivity contribution < 1.29 is 14.3 Å². The van der Waals surface area contributed by atoms with E-state index in [2.05, 4.69) is 31.4 Å². The van der Waals surface area contributed by atoms with Crippen molar-refractivity contribution in [2.75, 3.05) is 25.0 Å². The smallest absolute Gasteiger partial charge is 0.260 e. The Labute approximate surface area is 180 Å². The molecule has 0 atom stereocenters. The van der Waals surface area contributed by atoms with Crippen LogP contribution in [0.2, 0.25) is 0 Å². The van der Waals surface area contributed by atoms with E-state index in [0.717, 1.165) is 15.2 Å². The maximum absolute atomic E-state index is 12.5. The Morgan fingerprint density at radius 1 is 1.21 bits per heavy atom. The highest BCUT2D eigenvalue weighted by molar-refractivity contribution is 9.10. The van der Waals surface area contributed by atoms with Crippen LogP contribution in [0.5, 0.6) is 5.75 Å². The number of benzene rings is 2. The normalized spacial score (nSPS) is 14.7. The summed E-state index contributed by atoms with van der Waals surface area (Å²) in [5, 5.41) is 13.0. The molecule has 1 fully saturated rings. The van der Waals surface area contributed by atoms with Gasteiger partial charge in [-0.3, -0.25) is 9.59 Å². The molecule has 1 aliphatic rings. The molecule has 0 spiro atoms. The molecule has 1 saturated heterocycles. The maximum Gasteiger partial charge on any atom is 0.260 e. The summed E-state index contributed by atoms with van der Waals surface area (Å²) in [5.41, 5.74) is 1.57.